The Morgan fingerprint density at radius 1 is 0.966 bits per heavy atom. The van der Waals surface area contributed by atoms with E-state index in [9.17, 15) is 44.7 Å². The van der Waals surface area contributed by atoms with Crippen LogP contribution in [0.3, 0.4) is 0 Å². The molecule has 1 aliphatic heterocycles. The predicted octanol–water partition coefficient (Wildman–Crippen LogP) is 8.12. The lowest BCUT2D eigenvalue weighted by molar-refractivity contribution is -0.182. The summed E-state index contributed by atoms with van der Waals surface area (Å²) in [6, 6.07) is 8.91. The van der Waals surface area contributed by atoms with E-state index in [2.05, 4.69) is 20.2 Å². The van der Waals surface area contributed by atoms with Crippen LogP contribution in [0.2, 0.25) is 5.02 Å². The highest BCUT2D eigenvalue weighted by molar-refractivity contribution is 6.32. The first-order chi connectivity index (χ1) is 27.0. The van der Waals surface area contributed by atoms with Crippen molar-refractivity contribution in [3.05, 3.63) is 83.2 Å². The van der Waals surface area contributed by atoms with Gasteiger partial charge in [0.1, 0.15) is 18.5 Å². The topological polar surface area (TPSA) is 146 Å². The third kappa shape index (κ3) is 7.23. The third-order valence-corrected chi connectivity index (χ3v) is 10.9. The van der Waals surface area contributed by atoms with Gasteiger partial charge in [-0.1, -0.05) is 62.7 Å². The first-order valence-corrected chi connectivity index (χ1v) is 18.3. The van der Waals surface area contributed by atoms with Gasteiger partial charge in [-0.05, 0) is 66.3 Å². The summed E-state index contributed by atoms with van der Waals surface area (Å²) in [5.41, 5.74) is 0.868. The molecule has 2 atom stereocenters. The number of halogens is 9. The Morgan fingerprint density at radius 3 is 2.21 bits per heavy atom. The van der Waals surface area contributed by atoms with Crippen LogP contribution in [0, 0.1) is 5.41 Å². The highest BCUT2D eigenvalue weighted by atomic mass is 35.5. The van der Waals surface area contributed by atoms with E-state index in [-0.39, 0.29) is 54.3 Å². The SMILES string of the molecule is CC(C)(C)C[C@]1(c2ccc(-c3cnn(C4(C(F)(F)F)CC4)c3)cc2)N=C(N)N([C@H](COC(=O)NC2(C(F)(F)F)CC2)c2ccc(Cl)c(-n3ncnc3C(F)F)c2)C1=O. The Kier molecular flexibility index (Phi) is 9.83. The molecule has 2 aromatic carbocycles. The summed E-state index contributed by atoms with van der Waals surface area (Å²) in [5, 5.41) is 9.64. The number of nitrogens with one attached hydrogen (secondary N) is 1. The fraction of sp³-hybridized carbons (Fsp3) is 0.459. The number of aromatic nitrogens is 5. The quantitative estimate of drug-likeness (QED) is 0.145. The molecule has 12 nitrogen and oxygen atoms in total. The van der Waals surface area contributed by atoms with E-state index < -0.39 is 71.3 Å². The molecule has 2 aromatic heterocycles. The molecule has 2 amide bonds. The van der Waals surface area contributed by atoms with E-state index in [1.165, 1.54) is 30.6 Å². The Labute approximate surface area is 330 Å². The van der Waals surface area contributed by atoms with E-state index in [1.807, 2.05) is 26.1 Å². The van der Waals surface area contributed by atoms with Gasteiger partial charge in [0.2, 0.25) is 0 Å². The zero-order valence-corrected chi connectivity index (χ0v) is 31.8. The van der Waals surface area contributed by atoms with E-state index in [4.69, 9.17) is 22.1 Å². The van der Waals surface area contributed by atoms with Gasteiger partial charge in [-0.3, -0.25) is 14.4 Å². The number of ether oxygens (including phenoxy) is 1. The predicted molar refractivity (Wildman–Crippen MR) is 192 cm³/mol. The Morgan fingerprint density at radius 2 is 1.64 bits per heavy atom. The zero-order valence-electron chi connectivity index (χ0n) is 31.0. The van der Waals surface area contributed by atoms with E-state index >= 15 is 0 Å². The summed E-state index contributed by atoms with van der Waals surface area (Å²) in [7, 11) is 0. The van der Waals surface area contributed by atoms with Gasteiger partial charge in [-0.2, -0.15) is 36.5 Å². The lowest BCUT2D eigenvalue weighted by Gasteiger charge is -2.35. The average Bonchev–Trinajstić information content (AvgIpc) is 3.97. The number of rotatable bonds is 11. The van der Waals surface area contributed by atoms with Crippen LogP contribution < -0.4 is 11.1 Å². The van der Waals surface area contributed by atoms with E-state index in [1.54, 1.807) is 24.3 Å². The molecule has 2 aliphatic carbocycles. The molecule has 3 N–H and O–H groups in total. The molecule has 3 aliphatic rings. The molecular formula is C37H36ClF8N9O3. The minimum Gasteiger partial charge on any atom is -0.447 e. The Bertz CT molecular complexity index is 2260. The summed E-state index contributed by atoms with van der Waals surface area (Å²) >= 11 is 6.42. The van der Waals surface area contributed by atoms with Crippen LogP contribution in [0.4, 0.5) is 39.9 Å². The lowest BCUT2D eigenvalue weighted by atomic mass is 9.75. The third-order valence-electron chi connectivity index (χ3n) is 10.5. The monoisotopic (exact) mass is 841 g/mol. The second kappa shape index (κ2) is 13.9. The molecule has 0 saturated heterocycles. The molecule has 2 fully saturated rings. The molecule has 0 bridgehead atoms. The van der Waals surface area contributed by atoms with Gasteiger partial charge < -0.3 is 15.8 Å². The number of nitrogens with zero attached hydrogens (tertiary/aromatic N) is 7. The number of nitrogens with two attached hydrogens (primary N) is 1. The Balaban J connectivity index is 1.25. The summed E-state index contributed by atoms with van der Waals surface area (Å²) in [6.07, 6.45) is -11.1. The summed E-state index contributed by atoms with van der Waals surface area (Å²) < 4.78 is 117. The fourth-order valence-corrected chi connectivity index (χ4v) is 7.47. The van der Waals surface area contributed by atoms with Crippen LogP contribution in [-0.2, 0) is 20.6 Å². The van der Waals surface area contributed by atoms with Gasteiger partial charge in [0.25, 0.3) is 12.3 Å². The van der Waals surface area contributed by atoms with Gasteiger partial charge in [-0.25, -0.2) is 28.2 Å². The van der Waals surface area contributed by atoms with Crippen LogP contribution >= 0.6 is 11.6 Å². The second-order valence-electron chi connectivity index (χ2n) is 15.9. The smallest absolute Gasteiger partial charge is 0.413 e. The van der Waals surface area contributed by atoms with Crippen LogP contribution in [0.5, 0.6) is 0 Å². The number of aliphatic imine (C=N–C) groups is 1. The molecule has 21 heteroatoms. The number of hydrogen-bond donors (Lipinski definition) is 2. The maximum atomic E-state index is 15.0. The zero-order chi connectivity index (χ0) is 42.2. The molecule has 310 valence electrons. The molecule has 2 saturated carbocycles. The number of alkyl halides is 8. The minimum absolute atomic E-state index is 0.0478. The highest BCUT2D eigenvalue weighted by Gasteiger charge is 2.66. The average molecular weight is 842 g/mol. The Hall–Kier alpha value is -5.27. The van der Waals surface area contributed by atoms with Crippen LogP contribution in [0.1, 0.15) is 82.3 Å². The number of hydrogen-bond acceptors (Lipinski definition) is 8. The number of carbonyl (C=O) groups excluding carboxylic acids is 2. The maximum absolute atomic E-state index is 15.0. The molecule has 3 heterocycles. The second-order valence-corrected chi connectivity index (χ2v) is 16.3. The molecular weight excluding hydrogens is 806 g/mol. The molecule has 0 radical (unpaired) electrons. The van der Waals surface area contributed by atoms with Crippen molar-refractivity contribution in [2.45, 2.75) is 94.3 Å². The molecule has 0 spiro atoms. The van der Waals surface area contributed by atoms with E-state index in [0.29, 0.717) is 16.7 Å². The normalized spacial score (nSPS) is 20.6. The molecule has 7 rings (SSSR count). The molecule has 58 heavy (non-hydrogen) atoms. The van der Waals surface area contributed by atoms with Gasteiger partial charge in [-0.15, -0.1) is 0 Å². The number of carbonyl (C=O) groups is 2. The molecule has 4 aromatic rings. The van der Waals surface area contributed by atoms with Crippen LogP contribution in [-0.4, -0.2) is 71.9 Å². The lowest BCUT2D eigenvalue weighted by Crippen LogP contribution is -2.50. The van der Waals surface area contributed by atoms with Crippen molar-refractivity contribution in [3.8, 4) is 16.8 Å². The minimum atomic E-state index is -4.76. The van der Waals surface area contributed by atoms with Crippen molar-refractivity contribution >= 4 is 29.6 Å². The van der Waals surface area contributed by atoms with Crippen molar-refractivity contribution in [1.29, 1.82) is 0 Å². The van der Waals surface area contributed by atoms with Crippen molar-refractivity contribution < 1.29 is 49.4 Å². The summed E-state index contributed by atoms with van der Waals surface area (Å²) in [5.74, 6) is -1.86. The van der Waals surface area contributed by atoms with Crippen LogP contribution in [0.25, 0.3) is 16.8 Å². The summed E-state index contributed by atoms with van der Waals surface area (Å²) in [6.45, 7) is 4.75. The number of alkyl carbamates (subject to hydrolysis) is 1. The van der Waals surface area contributed by atoms with E-state index in [0.717, 1.165) is 20.6 Å². The maximum Gasteiger partial charge on any atom is 0.413 e. The van der Waals surface area contributed by atoms with Gasteiger partial charge in [0.05, 0.1) is 22.9 Å². The van der Waals surface area contributed by atoms with Crippen molar-refractivity contribution in [1.82, 2.24) is 34.8 Å². The first-order valence-electron chi connectivity index (χ1n) is 17.9. The van der Waals surface area contributed by atoms with Crippen molar-refractivity contribution in [2.24, 2.45) is 16.1 Å². The highest BCUT2D eigenvalue weighted by Crippen LogP contribution is 2.55. The van der Waals surface area contributed by atoms with Crippen molar-refractivity contribution in [3.63, 3.8) is 0 Å². The summed E-state index contributed by atoms with van der Waals surface area (Å²) in [4.78, 5) is 37.2. The van der Waals surface area contributed by atoms with Gasteiger partial charge in [0, 0.05) is 11.8 Å². The standard InChI is InChI=1S/C37H36ClF8N9O3/c1-32(2,3)18-35(23-7-4-20(5-8-23)22-15-49-53(16-22)34(12-13-34)37(44,45)46)29(56)54(30(47)51-35)26(17-58-31(57)52-33(10-11-33)36(41,42)43)21-6-9-24(38)25(14-21)55-28(27(39)40)48-19-50-55/h4-9,14-16,19,26-27H,10-13,17-18H2,1-3H3,(H2,47,51)(H,52,57)/t26-,35-/m1/s1. The van der Waals surface area contributed by atoms with Gasteiger partial charge in [0.15, 0.2) is 22.9 Å². The largest absolute Gasteiger partial charge is 0.447 e. The van der Waals surface area contributed by atoms with Gasteiger partial charge >= 0.3 is 18.4 Å². The fourth-order valence-electron chi connectivity index (χ4n) is 7.27. The number of guanidine groups is 1. The van der Waals surface area contributed by atoms with Crippen molar-refractivity contribution in [2.75, 3.05) is 6.61 Å². The number of benzene rings is 2. The molecule has 0 unspecified atom stereocenters. The van der Waals surface area contributed by atoms with Crippen LogP contribution in [0.15, 0.2) is 66.2 Å². The first kappa shape index (κ1) is 40.9. The number of amides is 2.